The average Bonchev–Trinajstić information content (AvgIpc) is 3.13. The molecule has 1 aliphatic rings. The number of aromatic nitrogens is 3. The Morgan fingerprint density at radius 1 is 1.24 bits per heavy atom. The Morgan fingerprint density at radius 2 is 1.93 bits per heavy atom. The molecule has 3 heterocycles. The molecule has 1 amide bonds. The summed E-state index contributed by atoms with van der Waals surface area (Å²) >= 11 is 0. The van der Waals surface area contributed by atoms with Crippen molar-refractivity contribution in [2.24, 2.45) is 5.92 Å². The van der Waals surface area contributed by atoms with Crippen LogP contribution in [0.5, 0.6) is 0 Å². The van der Waals surface area contributed by atoms with Gasteiger partial charge in [-0.25, -0.2) is 9.50 Å². The molecule has 0 aromatic carbocycles. The number of ether oxygens (including phenoxy) is 2. The molecule has 158 valence electrons. The zero-order chi connectivity index (χ0) is 21.2. The van der Waals surface area contributed by atoms with Crippen LogP contribution in [0.1, 0.15) is 62.3 Å². The lowest BCUT2D eigenvalue weighted by Crippen LogP contribution is -2.41. The molecule has 0 unspecified atom stereocenters. The van der Waals surface area contributed by atoms with Crippen molar-refractivity contribution in [1.29, 1.82) is 0 Å². The maximum Gasteiger partial charge on any atom is 0.309 e. The van der Waals surface area contributed by atoms with Gasteiger partial charge in [0.25, 0.3) is 5.91 Å². The Kier molecular flexibility index (Phi) is 6.21. The van der Waals surface area contributed by atoms with Crippen molar-refractivity contribution >= 4 is 17.5 Å². The number of hydrogen-bond acceptors (Lipinski definition) is 6. The molecule has 2 aromatic rings. The highest BCUT2D eigenvalue weighted by molar-refractivity contribution is 5.95. The Balaban J connectivity index is 1.86. The fourth-order valence-corrected chi connectivity index (χ4v) is 3.55. The quantitative estimate of drug-likeness (QED) is 0.715. The van der Waals surface area contributed by atoms with Crippen molar-refractivity contribution in [3.05, 3.63) is 29.2 Å². The van der Waals surface area contributed by atoms with E-state index in [9.17, 15) is 9.59 Å². The maximum atomic E-state index is 13.2. The molecule has 1 aliphatic heterocycles. The summed E-state index contributed by atoms with van der Waals surface area (Å²) in [5.74, 6) is -0.422. The minimum absolute atomic E-state index is 0.110. The van der Waals surface area contributed by atoms with Gasteiger partial charge in [0.05, 0.1) is 36.1 Å². The number of rotatable bonds is 5. The van der Waals surface area contributed by atoms with E-state index in [1.807, 2.05) is 6.07 Å². The lowest BCUT2D eigenvalue weighted by molar-refractivity contribution is -0.149. The lowest BCUT2D eigenvalue weighted by Gasteiger charge is -2.31. The SMILES string of the molecule is CCOC(=O)C1CCN(C(=O)c2cnc3cc(C(C)(C)C)nn3c2COC)CC1. The number of methoxy groups -OCH3 is 1. The molecule has 0 spiro atoms. The summed E-state index contributed by atoms with van der Waals surface area (Å²) in [5, 5.41) is 4.69. The van der Waals surface area contributed by atoms with E-state index < -0.39 is 0 Å². The van der Waals surface area contributed by atoms with Gasteiger partial charge in [0, 0.05) is 37.9 Å². The minimum atomic E-state index is -0.172. The molecule has 1 fully saturated rings. The van der Waals surface area contributed by atoms with Crippen molar-refractivity contribution in [2.75, 3.05) is 26.8 Å². The zero-order valence-electron chi connectivity index (χ0n) is 17.9. The van der Waals surface area contributed by atoms with Gasteiger partial charge in [-0.1, -0.05) is 20.8 Å². The Morgan fingerprint density at radius 3 is 2.52 bits per heavy atom. The summed E-state index contributed by atoms with van der Waals surface area (Å²) in [5.41, 5.74) is 2.64. The van der Waals surface area contributed by atoms with Crippen LogP contribution in [0, 0.1) is 5.92 Å². The van der Waals surface area contributed by atoms with Crippen LogP contribution in [0.4, 0.5) is 0 Å². The van der Waals surface area contributed by atoms with E-state index in [-0.39, 0.29) is 29.8 Å². The smallest absolute Gasteiger partial charge is 0.309 e. The molecule has 2 aromatic heterocycles. The van der Waals surface area contributed by atoms with Gasteiger partial charge in [0.2, 0.25) is 0 Å². The van der Waals surface area contributed by atoms with Crippen molar-refractivity contribution < 1.29 is 19.1 Å². The van der Waals surface area contributed by atoms with Crippen LogP contribution in [0.3, 0.4) is 0 Å². The molecule has 0 bridgehead atoms. The van der Waals surface area contributed by atoms with Gasteiger partial charge < -0.3 is 14.4 Å². The monoisotopic (exact) mass is 402 g/mol. The van der Waals surface area contributed by atoms with E-state index in [1.165, 1.54) is 0 Å². The summed E-state index contributed by atoms with van der Waals surface area (Å²) in [4.78, 5) is 31.4. The highest BCUT2D eigenvalue weighted by atomic mass is 16.5. The van der Waals surface area contributed by atoms with Gasteiger partial charge in [0.15, 0.2) is 5.65 Å². The van der Waals surface area contributed by atoms with Crippen molar-refractivity contribution in [1.82, 2.24) is 19.5 Å². The molecule has 0 atom stereocenters. The summed E-state index contributed by atoms with van der Waals surface area (Å²) in [7, 11) is 1.60. The molecular weight excluding hydrogens is 372 g/mol. The van der Waals surface area contributed by atoms with Gasteiger partial charge in [-0.2, -0.15) is 5.10 Å². The van der Waals surface area contributed by atoms with Gasteiger partial charge in [-0.05, 0) is 19.8 Å². The van der Waals surface area contributed by atoms with Gasteiger partial charge >= 0.3 is 5.97 Å². The number of nitrogens with zero attached hydrogens (tertiary/aromatic N) is 4. The van der Waals surface area contributed by atoms with E-state index in [4.69, 9.17) is 9.47 Å². The molecule has 0 saturated carbocycles. The standard InChI is InChI=1S/C21H30N4O4/c1-6-29-20(27)14-7-9-24(10-8-14)19(26)15-12-22-18-11-17(21(2,3)4)23-25(18)16(15)13-28-5/h11-12,14H,6-10,13H2,1-5H3. The molecular formula is C21H30N4O4. The molecule has 8 nitrogen and oxygen atoms in total. The number of carbonyl (C=O) groups excluding carboxylic acids is 2. The lowest BCUT2D eigenvalue weighted by atomic mass is 9.93. The van der Waals surface area contributed by atoms with E-state index in [2.05, 4.69) is 30.9 Å². The van der Waals surface area contributed by atoms with Crippen LogP contribution in [0.15, 0.2) is 12.3 Å². The summed E-state index contributed by atoms with van der Waals surface area (Å²) < 4.78 is 12.2. The van der Waals surface area contributed by atoms with Crippen molar-refractivity contribution in [3.8, 4) is 0 Å². The highest BCUT2D eigenvalue weighted by Crippen LogP contribution is 2.25. The Labute approximate surface area is 171 Å². The van der Waals surface area contributed by atoms with Crippen LogP contribution in [-0.4, -0.2) is 58.2 Å². The number of piperidine rings is 1. The normalized spacial score (nSPS) is 15.7. The number of likely N-dealkylation sites (tertiary alicyclic amines) is 1. The first-order chi connectivity index (χ1) is 13.8. The topological polar surface area (TPSA) is 86.0 Å². The largest absolute Gasteiger partial charge is 0.466 e. The number of amides is 1. The van der Waals surface area contributed by atoms with Crippen LogP contribution < -0.4 is 0 Å². The van der Waals surface area contributed by atoms with Gasteiger partial charge in [-0.15, -0.1) is 0 Å². The molecule has 8 heteroatoms. The third kappa shape index (κ3) is 4.42. The van der Waals surface area contributed by atoms with Gasteiger partial charge in [0.1, 0.15) is 0 Å². The second kappa shape index (κ2) is 8.49. The van der Waals surface area contributed by atoms with Gasteiger partial charge in [-0.3, -0.25) is 9.59 Å². The fourth-order valence-electron chi connectivity index (χ4n) is 3.55. The summed E-state index contributed by atoms with van der Waals surface area (Å²) in [6.07, 6.45) is 2.82. The number of fused-ring (bicyclic) bond motifs is 1. The molecule has 29 heavy (non-hydrogen) atoms. The molecule has 0 radical (unpaired) electrons. The molecule has 3 rings (SSSR count). The highest BCUT2D eigenvalue weighted by Gasteiger charge is 2.30. The predicted molar refractivity (Wildman–Crippen MR) is 108 cm³/mol. The second-order valence-corrected chi connectivity index (χ2v) is 8.42. The van der Waals surface area contributed by atoms with Crippen LogP contribution in [0.25, 0.3) is 5.65 Å². The Bertz CT molecular complexity index is 892. The first-order valence-corrected chi connectivity index (χ1v) is 10.1. The van der Waals surface area contributed by atoms with Crippen molar-refractivity contribution in [2.45, 2.75) is 52.6 Å². The van der Waals surface area contributed by atoms with Crippen LogP contribution >= 0.6 is 0 Å². The number of carbonyl (C=O) groups is 2. The van der Waals surface area contributed by atoms with Crippen LogP contribution in [-0.2, 0) is 26.3 Å². The number of hydrogen-bond donors (Lipinski definition) is 0. The number of esters is 1. The first kappa shape index (κ1) is 21.2. The zero-order valence-corrected chi connectivity index (χ0v) is 17.9. The minimum Gasteiger partial charge on any atom is -0.466 e. The second-order valence-electron chi connectivity index (χ2n) is 8.42. The summed E-state index contributed by atoms with van der Waals surface area (Å²) in [6, 6.07) is 1.94. The average molecular weight is 402 g/mol. The van der Waals surface area contributed by atoms with Crippen molar-refractivity contribution in [3.63, 3.8) is 0 Å². The summed E-state index contributed by atoms with van der Waals surface area (Å²) in [6.45, 7) is 9.73. The van der Waals surface area contributed by atoms with E-state index in [1.54, 1.807) is 29.6 Å². The first-order valence-electron chi connectivity index (χ1n) is 10.1. The molecule has 1 saturated heterocycles. The maximum absolute atomic E-state index is 13.2. The molecule has 0 aliphatic carbocycles. The van der Waals surface area contributed by atoms with E-state index in [0.717, 1.165) is 5.69 Å². The third-order valence-corrected chi connectivity index (χ3v) is 5.27. The van der Waals surface area contributed by atoms with E-state index >= 15 is 0 Å². The predicted octanol–water partition coefficient (Wildman–Crippen LogP) is 2.59. The van der Waals surface area contributed by atoms with E-state index in [0.29, 0.717) is 49.4 Å². The molecule has 0 N–H and O–H groups in total. The Hall–Kier alpha value is -2.48. The fraction of sp³-hybridized carbons (Fsp3) is 0.619. The van der Waals surface area contributed by atoms with Crippen LogP contribution in [0.2, 0.25) is 0 Å². The third-order valence-electron chi connectivity index (χ3n) is 5.27.